The van der Waals surface area contributed by atoms with E-state index in [1.165, 1.54) is 24.3 Å². The van der Waals surface area contributed by atoms with E-state index in [1.807, 2.05) is 0 Å². The number of halogens is 3. The van der Waals surface area contributed by atoms with Crippen molar-refractivity contribution in [3.05, 3.63) is 30.1 Å². The highest BCUT2D eigenvalue weighted by molar-refractivity contribution is 8.31. The second kappa shape index (κ2) is 5.26. The molecule has 1 rings (SSSR count). The Kier molecular flexibility index (Phi) is 5.05. The van der Waals surface area contributed by atoms with E-state index in [0.29, 0.717) is 0 Å². The van der Waals surface area contributed by atoms with Crippen LogP contribution in [0.25, 0.3) is 0 Å². The molecule has 1 N–H and O–H groups in total. The molecule has 74 valence electrons. The van der Waals surface area contributed by atoms with Crippen LogP contribution in [0.5, 0.6) is 5.75 Å². The van der Waals surface area contributed by atoms with Crippen LogP contribution in [0.2, 0.25) is 0 Å². The normalized spacial score (nSPS) is 10.1. The van der Waals surface area contributed by atoms with Crippen LogP contribution < -0.4 is 0 Å². The number of rotatable bonds is 0. The first-order valence-electron chi connectivity index (χ1n) is 2.88. The Morgan fingerprint density at radius 2 is 1.46 bits per heavy atom. The Morgan fingerprint density at radius 3 is 1.69 bits per heavy atom. The van der Waals surface area contributed by atoms with Crippen LogP contribution in [0.1, 0.15) is 0 Å². The van der Waals surface area contributed by atoms with Gasteiger partial charge in [-0.15, -0.1) is 0 Å². The van der Waals surface area contributed by atoms with Crippen molar-refractivity contribution in [1.29, 1.82) is 0 Å². The first-order valence-corrected chi connectivity index (χ1v) is 6.01. The van der Waals surface area contributed by atoms with E-state index >= 15 is 0 Å². The van der Waals surface area contributed by atoms with Gasteiger partial charge in [-0.1, -0.05) is 0 Å². The lowest BCUT2D eigenvalue weighted by molar-refractivity contribution is 0.473. The average molecular weight is 247 g/mol. The first-order chi connectivity index (χ1) is 5.79. The van der Waals surface area contributed by atoms with E-state index in [4.69, 9.17) is 13.5 Å². The van der Waals surface area contributed by atoms with Crippen molar-refractivity contribution in [2.24, 2.45) is 0 Å². The van der Waals surface area contributed by atoms with E-state index in [2.05, 4.69) is 21.4 Å². The van der Waals surface area contributed by atoms with Gasteiger partial charge in [0.25, 0.3) is 0 Å². The van der Waals surface area contributed by atoms with Gasteiger partial charge in [-0.25, -0.2) is 4.39 Å². The zero-order valence-corrected chi connectivity index (χ0v) is 8.44. The van der Waals surface area contributed by atoms with E-state index in [-0.39, 0.29) is 11.6 Å². The van der Waals surface area contributed by atoms with Crippen LogP contribution in [-0.4, -0.2) is 13.5 Å². The molecular weight excluding hydrogens is 242 g/mol. The third-order valence-corrected chi connectivity index (χ3v) is 0.827. The molecule has 1 aromatic rings. The molecule has 0 aliphatic rings. The van der Waals surface area contributed by atoms with Gasteiger partial charge < -0.3 is 5.11 Å². The van der Waals surface area contributed by atoms with Crippen molar-refractivity contribution in [1.82, 2.24) is 0 Å². The quantitative estimate of drug-likeness (QED) is 0.715. The fourth-order valence-corrected chi connectivity index (χ4v) is 0.441. The molecule has 13 heavy (non-hydrogen) atoms. The highest BCUT2D eigenvalue weighted by Gasteiger charge is 1.88. The molecule has 0 aliphatic carbocycles. The van der Waals surface area contributed by atoms with Gasteiger partial charge in [0, 0.05) is 21.4 Å². The summed E-state index contributed by atoms with van der Waals surface area (Å²) < 4.78 is 30.3. The highest BCUT2D eigenvalue weighted by Crippen LogP contribution is 2.06. The monoisotopic (exact) mass is 246 g/mol. The summed E-state index contributed by atoms with van der Waals surface area (Å²) in [6.45, 7) is 0. The third-order valence-electron chi connectivity index (χ3n) is 0.827. The number of phenols is 1. The lowest BCUT2D eigenvalue weighted by Gasteiger charge is -1.86. The number of hydrogen-bond acceptors (Lipinski definition) is 3. The highest BCUT2D eigenvalue weighted by atomic mass is 36.0. The minimum Gasteiger partial charge on any atom is -0.508 e. The van der Waals surface area contributed by atoms with E-state index in [0.717, 1.165) is 0 Å². The minimum atomic E-state index is -3.72. The van der Waals surface area contributed by atoms with Crippen molar-refractivity contribution in [3.63, 3.8) is 0 Å². The topological polar surface area (TPSA) is 54.4 Å². The van der Waals surface area contributed by atoms with E-state index < -0.39 is 8.26 Å². The Labute approximate surface area is 83.6 Å². The van der Waals surface area contributed by atoms with Gasteiger partial charge in [0.1, 0.15) is 11.6 Å². The molecule has 0 bridgehead atoms. The molecule has 0 heterocycles. The molecule has 0 amide bonds. The molecule has 1 aromatic carbocycles. The predicted molar refractivity (Wildman–Crippen MR) is 48.7 cm³/mol. The Hall–Kier alpha value is -0.520. The van der Waals surface area contributed by atoms with Gasteiger partial charge in [-0.3, -0.25) is 0 Å². The first kappa shape index (κ1) is 12.5. The predicted octanol–water partition coefficient (Wildman–Crippen LogP) is 2.24. The summed E-state index contributed by atoms with van der Waals surface area (Å²) in [4.78, 5) is 0. The number of phenolic OH excluding ortho intramolecular Hbond substituents is 1. The summed E-state index contributed by atoms with van der Waals surface area (Å²) in [7, 11) is 4.81. The lowest BCUT2D eigenvalue weighted by atomic mass is 10.3. The average Bonchev–Trinajstić information content (AvgIpc) is 1.92. The van der Waals surface area contributed by atoms with Gasteiger partial charge in [-0.2, -0.15) is 8.42 Å². The molecule has 0 aliphatic heterocycles. The molecule has 0 aromatic heterocycles. The second-order valence-corrected chi connectivity index (χ2v) is 5.52. The maximum atomic E-state index is 12.0. The summed E-state index contributed by atoms with van der Waals surface area (Å²) >= 11 is 0. The number of aromatic hydroxyl groups is 1. The van der Waals surface area contributed by atoms with Crippen molar-refractivity contribution in [3.8, 4) is 5.75 Å². The SMILES string of the molecule is O=S(=O)(Cl)Cl.Oc1ccc(F)cc1. The maximum absolute atomic E-state index is 12.0. The molecule has 0 unspecified atom stereocenters. The molecule has 0 saturated carbocycles. The number of hydrogen-bond donors (Lipinski definition) is 1. The van der Waals surface area contributed by atoms with Gasteiger partial charge in [0.05, 0.1) is 0 Å². The summed E-state index contributed by atoms with van der Waals surface area (Å²) in [5.41, 5.74) is 0. The van der Waals surface area contributed by atoms with Gasteiger partial charge in [0.2, 0.25) is 0 Å². The van der Waals surface area contributed by atoms with Gasteiger partial charge in [-0.05, 0) is 24.3 Å². The van der Waals surface area contributed by atoms with Crippen LogP contribution in [0.15, 0.2) is 24.3 Å². The largest absolute Gasteiger partial charge is 0.508 e. The van der Waals surface area contributed by atoms with Crippen molar-refractivity contribution in [2.75, 3.05) is 0 Å². The Morgan fingerprint density at radius 1 is 1.15 bits per heavy atom. The maximum Gasteiger partial charge on any atom is 0.317 e. The van der Waals surface area contributed by atoms with E-state index in [9.17, 15) is 4.39 Å². The second-order valence-electron chi connectivity index (χ2n) is 1.85. The standard InChI is InChI=1S/C6H5FO.Cl2O2S/c7-5-1-3-6(8)4-2-5;1-5(2,3)4/h1-4,8H;. The summed E-state index contributed by atoms with van der Waals surface area (Å²) in [5, 5.41) is 8.59. The lowest BCUT2D eigenvalue weighted by Crippen LogP contribution is -1.67. The van der Waals surface area contributed by atoms with Crippen LogP contribution in [0.4, 0.5) is 4.39 Å². The summed E-state index contributed by atoms with van der Waals surface area (Å²) in [6, 6.07) is 5.01. The van der Waals surface area contributed by atoms with Crippen molar-refractivity contribution in [2.45, 2.75) is 0 Å². The number of benzene rings is 1. The zero-order valence-electron chi connectivity index (χ0n) is 6.12. The van der Waals surface area contributed by atoms with E-state index in [1.54, 1.807) is 0 Å². The third kappa shape index (κ3) is 11.5. The molecule has 0 spiro atoms. The van der Waals surface area contributed by atoms with Gasteiger partial charge >= 0.3 is 8.26 Å². The smallest absolute Gasteiger partial charge is 0.317 e. The van der Waals surface area contributed by atoms with Crippen LogP contribution in [-0.2, 0) is 8.26 Å². The Balaban J connectivity index is 0.000000252. The zero-order chi connectivity index (χ0) is 10.5. The molecule has 0 fully saturated rings. The minimum absolute atomic E-state index is 0.0893. The Bertz CT molecular complexity index is 320. The molecule has 0 radical (unpaired) electrons. The molecule has 3 nitrogen and oxygen atoms in total. The van der Waals surface area contributed by atoms with Crippen LogP contribution in [0.3, 0.4) is 0 Å². The molecule has 7 heteroatoms. The van der Waals surface area contributed by atoms with Crippen molar-refractivity contribution < 1.29 is 17.9 Å². The molecule has 0 atom stereocenters. The van der Waals surface area contributed by atoms with Crippen molar-refractivity contribution >= 4 is 29.6 Å². The summed E-state index contributed by atoms with van der Waals surface area (Å²) in [6.07, 6.45) is 0. The fourth-order valence-electron chi connectivity index (χ4n) is 0.441. The molecule has 0 saturated heterocycles. The molecular formula is C6H5Cl2FO3S. The van der Waals surface area contributed by atoms with Crippen LogP contribution >= 0.6 is 21.4 Å². The summed E-state index contributed by atoms with van der Waals surface area (Å²) in [5.74, 6) is -0.241. The fraction of sp³-hybridized carbons (Fsp3) is 0. The van der Waals surface area contributed by atoms with Gasteiger partial charge in [0.15, 0.2) is 0 Å². The van der Waals surface area contributed by atoms with Crippen LogP contribution in [0, 0.1) is 5.82 Å².